The maximum Gasteiger partial charge on any atom is 0.0723 e. The van der Waals surface area contributed by atoms with E-state index >= 15 is 0 Å². The maximum absolute atomic E-state index is 10.9. The van der Waals surface area contributed by atoms with E-state index < -0.39 is 11.1 Å². The third-order valence-corrected chi connectivity index (χ3v) is 3.08. The summed E-state index contributed by atoms with van der Waals surface area (Å²) >= 11 is -1.96. The predicted molar refractivity (Wildman–Crippen MR) is 55.2 cm³/mol. The quantitative estimate of drug-likeness (QED) is 0.596. The minimum Gasteiger partial charge on any atom is -0.771 e. The highest BCUT2D eigenvalue weighted by atomic mass is 32.2. The van der Waals surface area contributed by atoms with Crippen LogP contribution < -0.4 is 0 Å². The smallest absolute Gasteiger partial charge is 0.0723 e. The first-order chi connectivity index (χ1) is 6.17. The van der Waals surface area contributed by atoms with E-state index in [4.69, 9.17) is 0 Å². The first-order valence-electron chi connectivity index (χ1n) is 4.99. The van der Waals surface area contributed by atoms with Gasteiger partial charge in [0, 0.05) is 0 Å². The van der Waals surface area contributed by atoms with Gasteiger partial charge in [-0.25, -0.2) is 0 Å². The molecule has 0 aromatic carbocycles. The molecule has 0 aromatic rings. The molecule has 0 aromatic heterocycles. The first kappa shape index (κ1) is 13.1. The minimum atomic E-state index is -1.96. The molecule has 0 radical (unpaired) electrons. The third kappa shape index (κ3) is 4.74. The molecule has 3 nitrogen and oxygen atoms in total. The molecule has 0 aliphatic rings. The molecule has 0 heterocycles. The molecule has 4 heteroatoms. The Bertz CT molecular complexity index is 147. The SMILES string of the molecule is CCCN(CCC)C(CC)S(=O)[O-]. The van der Waals surface area contributed by atoms with E-state index in [2.05, 4.69) is 13.8 Å². The Balaban J connectivity index is 4.20. The van der Waals surface area contributed by atoms with Crippen LogP contribution in [0.5, 0.6) is 0 Å². The van der Waals surface area contributed by atoms with E-state index in [-0.39, 0.29) is 5.37 Å². The van der Waals surface area contributed by atoms with Crippen LogP contribution in [0.1, 0.15) is 40.0 Å². The summed E-state index contributed by atoms with van der Waals surface area (Å²) in [6.45, 7) is 7.81. The fourth-order valence-electron chi connectivity index (χ4n) is 1.49. The number of hydrogen-bond acceptors (Lipinski definition) is 3. The van der Waals surface area contributed by atoms with Gasteiger partial charge >= 0.3 is 0 Å². The van der Waals surface area contributed by atoms with Gasteiger partial charge in [-0.15, -0.1) is 0 Å². The Morgan fingerprint density at radius 2 is 1.69 bits per heavy atom. The van der Waals surface area contributed by atoms with Gasteiger partial charge in [0.25, 0.3) is 0 Å². The van der Waals surface area contributed by atoms with Gasteiger partial charge in [0.15, 0.2) is 0 Å². The van der Waals surface area contributed by atoms with Crippen molar-refractivity contribution in [2.24, 2.45) is 0 Å². The van der Waals surface area contributed by atoms with Gasteiger partial charge in [0.1, 0.15) is 0 Å². The molecule has 80 valence electrons. The van der Waals surface area contributed by atoms with E-state index in [1.54, 1.807) is 0 Å². The normalized spacial score (nSPS) is 16.1. The largest absolute Gasteiger partial charge is 0.771 e. The van der Waals surface area contributed by atoms with Gasteiger partial charge in [0.05, 0.1) is 5.37 Å². The minimum absolute atomic E-state index is 0.292. The Morgan fingerprint density at radius 1 is 1.23 bits per heavy atom. The van der Waals surface area contributed by atoms with Crippen LogP contribution in [0.15, 0.2) is 0 Å². The van der Waals surface area contributed by atoms with Crippen molar-refractivity contribution < 1.29 is 8.76 Å². The van der Waals surface area contributed by atoms with Crippen LogP contribution in [-0.4, -0.2) is 32.1 Å². The average Bonchev–Trinajstić information content (AvgIpc) is 2.05. The maximum atomic E-state index is 10.9. The van der Waals surface area contributed by atoms with E-state index in [0.717, 1.165) is 25.9 Å². The van der Waals surface area contributed by atoms with Gasteiger partial charge in [-0.1, -0.05) is 20.8 Å². The molecule has 2 atom stereocenters. The predicted octanol–water partition coefficient (Wildman–Crippen LogP) is 1.72. The molecule has 0 fully saturated rings. The van der Waals surface area contributed by atoms with Crippen molar-refractivity contribution >= 4 is 11.1 Å². The molecule has 13 heavy (non-hydrogen) atoms. The summed E-state index contributed by atoms with van der Waals surface area (Å²) in [6, 6.07) is 0. The topological polar surface area (TPSA) is 43.4 Å². The van der Waals surface area contributed by atoms with Crippen LogP contribution >= 0.6 is 0 Å². The molecule has 0 spiro atoms. The van der Waals surface area contributed by atoms with Gasteiger partial charge < -0.3 is 4.55 Å². The molecule has 0 rings (SSSR count). The second kappa shape index (κ2) is 7.47. The van der Waals surface area contributed by atoms with Crippen LogP contribution in [-0.2, 0) is 11.1 Å². The summed E-state index contributed by atoms with van der Waals surface area (Å²) in [5.41, 5.74) is 0. The lowest BCUT2D eigenvalue weighted by molar-refractivity contribution is 0.239. The third-order valence-electron chi connectivity index (χ3n) is 2.00. The fourth-order valence-corrected chi connectivity index (χ4v) is 2.22. The van der Waals surface area contributed by atoms with Crippen molar-refractivity contribution in [2.45, 2.75) is 45.4 Å². The molecule has 2 unspecified atom stereocenters. The summed E-state index contributed by atoms with van der Waals surface area (Å²) in [6.07, 6.45) is 2.69. The van der Waals surface area contributed by atoms with Gasteiger partial charge in [0.2, 0.25) is 0 Å². The number of rotatable bonds is 7. The van der Waals surface area contributed by atoms with Crippen LogP contribution in [0, 0.1) is 0 Å². The van der Waals surface area contributed by atoms with Crippen molar-refractivity contribution in [2.75, 3.05) is 13.1 Å². The molecule has 0 saturated heterocycles. The summed E-state index contributed by atoms with van der Waals surface area (Å²) in [5.74, 6) is 0. The van der Waals surface area contributed by atoms with Gasteiger partial charge in [-0.05, 0) is 43.4 Å². The molecular weight excluding hydrogens is 186 g/mol. The van der Waals surface area contributed by atoms with E-state index in [9.17, 15) is 8.76 Å². The van der Waals surface area contributed by atoms with Crippen molar-refractivity contribution in [1.29, 1.82) is 0 Å². The molecule has 0 aliphatic carbocycles. The van der Waals surface area contributed by atoms with Crippen LogP contribution in [0.25, 0.3) is 0 Å². The Hall–Kier alpha value is 0.0700. The Kier molecular flexibility index (Phi) is 7.51. The zero-order chi connectivity index (χ0) is 10.3. The zero-order valence-electron chi connectivity index (χ0n) is 8.78. The second-order valence-electron chi connectivity index (χ2n) is 3.16. The van der Waals surface area contributed by atoms with E-state index in [1.165, 1.54) is 0 Å². The second-order valence-corrected chi connectivity index (χ2v) is 4.22. The van der Waals surface area contributed by atoms with Crippen LogP contribution in [0.4, 0.5) is 0 Å². The number of hydrogen-bond donors (Lipinski definition) is 0. The molecule has 0 bridgehead atoms. The van der Waals surface area contributed by atoms with Crippen LogP contribution in [0.2, 0.25) is 0 Å². The highest BCUT2D eigenvalue weighted by molar-refractivity contribution is 7.79. The summed E-state index contributed by atoms with van der Waals surface area (Å²) in [5, 5.41) is -0.292. The van der Waals surface area contributed by atoms with Crippen molar-refractivity contribution in [3.8, 4) is 0 Å². The van der Waals surface area contributed by atoms with Crippen molar-refractivity contribution in [3.63, 3.8) is 0 Å². The van der Waals surface area contributed by atoms with E-state index in [1.807, 2.05) is 11.8 Å². The molecular formula is C9H20NO2S-. The fraction of sp³-hybridized carbons (Fsp3) is 1.00. The molecule has 0 N–H and O–H groups in total. The number of nitrogens with zero attached hydrogens (tertiary/aromatic N) is 1. The molecule has 0 amide bonds. The van der Waals surface area contributed by atoms with Crippen molar-refractivity contribution in [1.82, 2.24) is 4.90 Å². The average molecular weight is 206 g/mol. The lowest BCUT2D eigenvalue weighted by Gasteiger charge is -2.31. The Labute approximate surface area is 83.8 Å². The van der Waals surface area contributed by atoms with Gasteiger partial charge in [-0.3, -0.25) is 9.11 Å². The lowest BCUT2D eigenvalue weighted by atomic mass is 10.3. The standard InChI is InChI=1S/C9H21NO2S/c1-4-7-10(8-5-2)9(6-3)13(11)12/h9H,4-8H2,1-3H3,(H,11,12)/p-1. The Morgan fingerprint density at radius 3 is 1.92 bits per heavy atom. The highest BCUT2D eigenvalue weighted by Crippen LogP contribution is 2.08. The summed E-state index contributed by atoms with van der Waals surface area (Å²) < 4.78 is 21.8. The lowest BCUT2D eigenvalue weighted by Crippen LogP contribution is -2.39. The zero-order valence-corrected chi connectivity index (χ0v) is 9.60. The summed E-state index contributed by atoms with van der Waals surface area (Å²) in [4.78, 5) is 2.04. The highest BCUT2D eigenvalue weighted by Gasteiger charge is 2.15. The molecule has 0 aliphatic heterocycles. The van der Waals surface area contributed by atoms with Crippen molar-refractivity contribution in [3.05, 3.63) is 0 Å². The monoisotopic (exact) mass is 206 g/mol. The van der Waals surface area contributed by atoms with Crippen LogP contribution in [0.3, 0.4) is 0 Å². The summed E-state index contributed by atoms with van der Waals surface area (Å²) in [7, 11) is 0. The van der Waals surface area contributed by atoms with Gasteiger partial charge in [-0.2, -0.15) is 0 Å². The first-order valence-corrected chi connectivity index (χ1v) is 6.13. The van der Waals surface area contributed by atoms with E-state index in [0.29, 0.717) is 6.42 Å². The molecule has 0 saturated carbocycles.